The Kier molecular flexibility index (Phi) is 4.58. The van der Waals surface area contributed by atoms with Gasteiger partial charge in [-0.15, -0.1) is 0 Å². The van der Waals surface area contributed by atoms with E-state index in [0.29, 0.717) is 16.4 Å². The summed E-state index contributed by atoms with van der Waals surface area (Å²) in [5.74, 6) is -0.303. The van der Waals surface area contributed by atoms with E-state index in [1.807, 2.05) is 6.92 Å². The summed E-state index contributed by atoms with van der Waals surface area (Å²) >= 11 is 5.92. The van der Waals surface area contributed by atoms with E-state index in [0.717, 1.165) is 18.5 Å². The molecule has 0 aliphatic rings. The molecule has 1 amide bonds. The molecule has 2 rings (SSSR count). The molecule has 1 heterocycles. The first-order chi connectivity index (χ1) is 9.60. The molecular weight excluding hydrogens is 276 g/mol. The van der Waals surface area contributed by atoms with Crippen molar-refractivity contribution in [2.24, 2.45) is 0 Å². The highest BCUT2D eigenvalue weighted by Gasteiger charge is 2.11. The first kappa shape index (κ1) is 14.3. The SMILES string of the molecule is CCCc1cc(C(=O)Nc2ccccc2O)cc(Cl)n1. The summed E-state index contributed by atoms with van der Waals surface area (Å²) in [5, 5.41) is 12.6. The maximum Gasteiger partial charge on any atom is 0.255 e. The maximum absolute atomic E-state index is 12.2. The van der Waals surface area contributed by atoms with Crippen LogP contribution in [0.4, 0.5) is 5.69 Å². The van der Waals surface area contributed by atoms with Gasteiger partial charge in [-0.2, -0.15) is 0 Å². The summed E-state index contributed by atoms with van der Waals surface area (Å²) in [5.41, 5.74) is 1.57. The summed E-state index contributed by atoms with van der Waals surface area (Å²) < 4.78 is 0. The average molecular weight is 291 g/mol. The number of phenols is 1. The minimum absolute atomic E-state index is 0.0229. The van der Waals surface area contributed by atoms with Crippen LogP contribution in [0.5, 0.6) is 5.75 Å². The van der Waals surface area contributed by atoms with Crippen molar-refractivity contribution in [2.45, 2.75) is 19.8 Å². The normalized spacial score (nSPS) is 10.3. The molecule has 0 unspecified atom stereocenters. The Bertz CT molecular complexity index is 629. The number of hydrogen-bond donors (Lipinski definition) is 2. The van der Waals surface area contributed by atoms with Crippen molar-refractivity contribution in [2.75, 3.05) is 5.32 Å². The number of anilines is 1. The first-order valence-electron chi connectivity index (χ1n) is 6.36. The van der Waals surface area contributed by atoms with Gasteiger partial charge in [0.05, 0.1) is 5.69 Å². The number of aromatic hydroxyl groups is 1. The monoisotopic (exact) mass is 290 g/mol. The van der Waals surface area contributed by atoms with Gasteiger partial charge in [-0.25, -0.2) is 4.98 Å². The van der Waals surface area contributed by atoms with Crippen LogP contribution in [0.1, 0.15) is 29.4 Å². The van der Waals surface area contributed by atoms with Gasteiger partial charge in [-0.1, -0.05) is 37.1 Å². The summed E-state index contributed by atoms with van der Waals surface area (Å²) in [4.78, 5) is 16.3. The van der Waals surface area contributed by atoms with E-state index in [-0.39, 0.29) is 11.7 Å². The number of hydrogen-bond acceptors (Lipinski definition) is 3. The molecule has 104 valence electrons. The van der Waals surface area contributed by atoms with Crippen LogP contribution < -0.4 is 5.32 Å². The van der Waals surface area contributed by atoms with Crippen LogP contribution in [0.2, 0.25) is 5.15 Å². The molecule has 2 N–H and O–H groups in total. The van der Waals surface area contributed by atoms with E-state index >= 15 is 0 Å². The number of phenolic OH excluding ortho intramolecular Hbond substituents is 1. The third-order valence-corrected chi connectivity index (χ3v) is 2.96. The van der Waals surface area contributed by atoms with Crippen molar-refractivity contribution in [3.63, 3.8) is 0 Å². The second-order valence-corrected chi connectivity index (χ2v) is 4.78. The second-order valence-electron chi connectivity index (χ2n) is 4.39. The molecule has 0 saturated heterocycles. The number of halogens is 1. The zero-order chi connectivity index (χ0) is 14.5. The molecule has 0 bridgehead atoms. The van der Waals surface area contributed by atoms with Crippen molar-refractivity contribution in [3.05, 3.63) is 52.8 Å². The van der Waals surface area contributed by atoms with Gasteiger partial charge in [0.15, 0.2) is 0 Å². The van der Waals surface area contributed by atoms with Gasteiger partial charge in [-0.05, 0) is 30.7 Å². The van der Waals surface area contributed by atoms with Gasteiger partial charge in [0.2, 0.25) is 0 Å². The van der Waals surface area contributed by atoms with Crippen LogP contribution in [0.25, 0.3) is 0 Å². The number of carbonyl (C=O) groups excluding carboxylic acids is 1. The zero-order valence-corrected chi connectivity index (χ0v) is 11.8. The molecular formula is C15H15ClN2O2. The van der Waals surface area contributed by atoms with Crippen molar-refractivity contribution in [3.8, 4) is 5.75 Å². The van der Waals surface area contributed by atoms with Crippen LogP contribution in [0.15, 0.2) is 36.4 Å². The molecule has 20 heavy (non-hydrogen) atoms. The highest BCUT2D eigenvalue weighted by Crippen LogP contribution is 2.22. The lowest BCUT2D eigenvalue weighted by molar-refractivity contribution is 0.102. The minimum Gasteiger partial charge on any atom is -0.506 e. The third kappa shape index (κ3) is 3.48. The average Bonchev–Trinajstić information content (AvgIpc) is 2.41. The number of carbonyl (C=O) groups is 1. The van der Waals surface area contributed by atoms with E-state index in [9.17, 15) is 9.90 Å². The molecule has 1 aromatic carbocycles. The Morgan fingerprint density at radius 3 is 2.80 bits per heavy atom. The van der Waals surface area contributed by atoms with Crippen LogP contribution in [-0.2, 0) is 6.42 Å². The summed E-state index contributed by atoms with van der Waals surface area (Å²) in [6.07, 6.45) is 1.69. The molecule has 0 saturated carbocycles. The standard InChI is InChI=1S/C15H15ClN2O2/c1-2-5-11-8-10(9-14(16)17-11)15(20)18-12-6-3-4-7-13(12)19/h3-4,6-9,19H,2,5H2,1H3,(H,18,20). The Balaban J connectivity index is 2.23. The lowest BCUT2D eigenvalue weighted by Crippen LogP contribution is -2.13. The number of benzene rings is 1. The molecule has 4 nitrogen and oxygen atoms in total. The second kappa shape index (κ2) is 6.39. The Morgan fingerprint density at radius 1 is 1.35 bits per heavy atom. The Morgan fingerprint density at radius 2 is 2.10 bits per heavy atom. The Labute approximate surface area is 122 Å². The van der Waals surface area contributed by atoms with Crippen LogP contribution in [-0.4, -0.2) is 16.0 Å². The quantitative estimate of drug-likeness (QED) is 0.667. The molecule has 0 aliphatic heterocycles. The number of para-hydroxylation sites is 2. The van der Waals surface area contributed by atoms with Gasteiger partial charge in [0.25, 0.3) is 5.91 Å². The fourth-order valence-electron chi connectivity index (χ4n) is 1.84. The summed E-state index contributed by atoms with van der Waals surface area (Å²) in [6.45, 7) is 2.03. The molecule has 5 heteroatoms. The summed E-state index contributed by atoms with van der Waals surface area (Å²) in [6, 6.07) is 9.78. The van der Waals surface area contributed by atoms with Gasteiger partial charge >= 0.3 is 0 Å². The number of nitrogens with one attached hydrogen (secondary N) is 1. The fraction of sp³-hybridized carbons (Fsp3) is 0.200. The largest absolute Gasteiger partial charge is 0.506 e. The van der Waals surface area contributed by atoms with Crippen molar-refractivity contribution in [1.29, 1.82) is 0 Å². The summed E-state index contributed by atoms with van der Waals surface area (Å²) in [7, 11) is 0. The third-order valence-electron chi connectivity index (χ3n) is 2.77. The number of aromatic nitrogens is 1. The van der Waals surface area contributed by atoms with Gasteiger partial charge in [0, 0.05) is 11.3 Å². The van der Waals surface area contributed by atoms with E-state index in [4.69, 9.17) is 11.6 Å². The number of rotatable bonds is 4. The Hall–Kier alpha value is -2.07. The van der Waals surface area contributed by atoms with Crippen molar-refractivity contribution < 1.29 is 9.90 Å². The molecule has 0 fully saturated rings. The number of aryl methyl sites for hydroxylation is 1. The molecule has 2 aromatic rings. The van der Waals surface area contributed by atoms with E-state index in [1.54, 1.807) is 24.3 Å². The van der Waals surface area contributed by atoms with E-state index in [1.165, 1.54) is 12.1 Å². The predicted molar refractivity (Wildman–Crippen MR) is 79.3 cm³/mol. The van der Waals surface area contributed by atoms with E-state index in [2.05, 4.69) is 10.3 Å². The highest BCUT2D eigenvalue weighted by molar-refractivity contribution is 6.29. The lowest BCUT2D eigenvalue weighted by atomic mass is 10.1. The fourth-order valence-corrected chi connectivity index (χ4v) is 2.07. The zero-order valence-electron chi connectivity index (χ0n) is 11.1. The molecule has 0 atom stereocenters. The molecule has 0 spiro atoms. The smallest absolute Gasteiger partial charge is 0.255 e. The van der Waals surface area contributed by atoms with Gasteiger partial charge in [0.1, 0.15) is 10.9 Å². The number of pyridine rings is 1. The maximum atomic E-state index is 12.2. The predicted octanol–water partition coefficient (Wildman–Crippen LogP) is 3.65. The van der Waals surface area contributed by atoms with Crippen LogP contribution >= 0.6 is 11.6 Å². The van der Waals surface area contributed by atoms with Crippen molar-refractivity contribution >= 4 is 23.2 Å². The topological polar surface area (TPSA) is 62.2 Å². The van der Waals surface area contributed by atoms with Gasteiger partial charge in [-0.3, -0.25) is 4.79 Å². The van der Waals surface area contributed by atoms with Crippen LogP contribution in [0, 0.1) is 0 Å². The molecule has 0 radical (unpaired) electrons. The number of amides is 1. The van der Waals surface area contributed by atoms with Crippen LogP contribution in [0.3, 0.4) is 0 Å². The lowest BCUT2D eigenvalue weighted by Gasteiger charge is -2.08. The minimum atomic E-state index is -0.326. The van der Waals surface area contributed by atoms with Gasteiger partial charge < -0.3 is 10.4 Å². The molecule has 1 aromatic heterocycles. The van der Waals surface area contributed by atoms with Crippen molar-refractivity contribution in [1.82, 2.24) is 4.98 Å². The number of nitrogens with zero attached hydrogens (tertiary/aromatic N) is 1. The highest BCUT2D eigenvalue weighted by atomic mass is 35.5. The molecule has 0 aliphatic carbocycles. The van der Waals surface area contributed by atoms with E-state index < -0.39 is 0 Å². The first-order valence-corrected chi connectivity index (χ1v) is 6.73.